The van der Waals surface area contributed by atoms with E-state index < -0.39 is 11.6 Å². The lowest BCUT2D eigenvalue weighted by Crippen LogP contribution is -1.99. The van der Waals surface area contributed by atoms with Crippen LogP contribution in [0.15, 0.2) is 36.4 Å². The highest BCUT2D eigenvalue weighted by Crippen LogP contribution is 2.37. The molecule has 0 heterocycles. The average molecular weight is 443 g/mol. The predicted octanol–water partition coefficient (Wildman–Crippen LogP) is 5.71. The second-order valence-corrected chi connectivity index (χ2v) is 6.16. The second kappa shape index (κ2) is 5.84. The highest BCUT2D eigenvalue weighted by molar-refractivity contribution is 14.1. The van der Waals surface area contributed by atoms with Gasteiger partial charge >= 0.3 is 0 Å². The minimum absolute atomic E-state index is 0.204. The molecule has 0 N–H and O–H groups in total. The SMILES string of the molecule is Fc1cc(Cl)c(C(Br)c2ccccc2I)cc1F. The van der Waals surface area contributed by atoms with Crippen LogP contribution >= 0.6 is 50.1 Å². The third-order valence-corrected chi connectivity index (χ3v) is 4.79. The van der Waals surface area contributed by atoms with Gasteiger partial charge in [-0.1, -0.05) is 45.7 Å². The van der Waals surface area contributed by atoms with Crippen molar-refractivity contribution in [3.8, 4) is 0 Å². The monoisotopic (exact) mass is 442 g/mol. The van der Waals surface area contributed by atoms with Gasteiger partial charge in [-0.25, -0.2) is 8.78 Å². The van der Waals surface area contributed by atoms with Gasteiger partial charge in [0, 0.05) is 8.59 Å². The topological polar surface area (TPSA) is 0 Å². The second-order valence-electron chi connectivity index (χ2n) is 3.67. The first-order valence-corrected chi connectivity index (χ1v) is 7.41. The zero-order valence-electron chi connectivity index (χ0n) is 8.93. The Labute approximate surface area is 131 Å². The van der Waals surface area contributed by atoms with Crippen LogP contribution in [0.3, 0.4) is 0 Å². The van der Waals surface area contributed by atoms with Gasteiger partial charge in [-0.3, -0.25) is 0 Å². The van der Waals surface area contributed by atoms with E-state index in [2.05, 4.69) is 38.5 Å². The summed E-state index contributed by atoms with van der Waals surface area (Å²) in [4.78, 5) is -0.270. The number of hydrogen-bond acceptors (Lipinski definition) is 0. The van der Waals surface area contributed by atoms with E-state index in [-0.39, 0.29) is 9.85 Å². The summed E-state index contributed by atoms with van der Waals surface area (Å²) in [5.74, 6) is -1.84. The van der Waals surface area contributed by atoms with Crippen molar-refractivity contribution in [3.63, 3.8) is 0 Å². The van der Waals surface area contributed by atoms with Crippen LogP contribution in [0.25, 0.3) is 0 Å². The molecule has 0 fully saturated rings. The van der Waals surface area contributed by atoms with Gasteiger partial charge in [0.15, 0.2) is 11.6 Å². The van der Waals surface area contributed by atoms with Crippen LogP contribution in [0.1, 0.15) is 16.0 Å². The van der Waals surface area contributed by atoms with Crippen LogP contribution < -0.4 is 0 Å². The van der Waals surface area contributed by atoms with Crippen molar-refractivity contribution in [1.29, 1.82) is 0 Å². The number of alkyl halides is 1. The van der Waals surface area contributed by atoms with E-state index in [9.17, 15) is 8.78 Å². The number of rotatable bonds is 2. The minimum atomic E-state index is -0.939. The third kappa shape index (κ3) is 2.86. The molecule has 1 atom stereocenters. The summed E-state index contributed by atoms with van der Waals surface area (Å²) in [6.45, 7) is 0. The Balaban J connectivity index is 2.50. The molecule has 0 spiro atoms. The minimum Gasteiger partial charge on any atom is -0.204 e. The first-order chi connectivity index (χ1) is 8.50. The molecule has 0 saturated carbocycles. The van der Waals surface area contributed by atoms with Crippen LogP contribution in [0, 0.1) is 15.2 Å². The maximum absolute atomic E-state index is 13.3. The van der Waals surface area contributed by atoms with Gasteiger partial charge in [0.1, 0.15) is 0 Å². The molecule has 1 unspecified atom stereocenters. The zero-order valence-corrected chi connectivity index (χ0v) is 13.4. The molecule has 2 aromatic rings. The molecule has 0 bridgehead atoms. The summed E-state index contributed by atoms with van der Waals surface area (Å²) in [5.41, 5.74) is 1.48. The van der Waals surface area contributed by atoms with Gasteiger partial charge in [-0.2, -0.15) is 0 Å². The van der Waals surface area contributed by atoms with E-state index in [4.69, 9.17) is 11.6 Å². The van der Waals surface area contributed by atoms with E-state index in [1.807, 2.05) is 24.3 Å². The summed E-state index contributed by atoms with van der Waals surface area (Å²) in [6, 6.07) is 9.78. The Morgan fingerprint density at radius 1 is 1.06 bits per heavy atom. The van der Waals surface area contributed by atoms with Crippen LogP contribution in [0.2, 0.25) is 5.02 Å². The van der Waals surface area contributed by atoms with Gasteiger partial charge in [0.05, 0.1) is 4.83 Å². The molecule has 0 aliphatic carbocycles. The number of hydrogen-bond donors (Lipinski definition) is 0. The third-order valence-electron chi connectivity index (χ3n) is 2.49. The molecule has 0 aliphatic rings. The number of benzene rings is 2. The summed E-state index contributed by atoms with van der Waals surface area (Å²) in [6.07, 6.45) is 0. The molecule has 0 amide bonds. The lowest BCUT2D eigenvalue weighted by atomic mass is 10.0. The molecule has 0 nitrogen and oxygen atoms in total. The van der Waals surface area contributed by atoms with Crippen LogP contribution in [0.5, 0.6) is 0 Å². The van der Waals surface area contributed by atoms with E-state index in [0.717, 1.165) is 21.3 Å². The Hall–Kier alpha value is -0.200. The van der Waals surface area contributed by atoms with Crippen LogP contribution in [-0.4, -0.2) is 0 Å². The summed E-state index contributed by atoms with van der Waals surface area (Å²) in [7, 11) is 0. The maximum atomic E-state index is 13.3. The van der Waals surface area contributed by atoms with Crippen LogP contribution in [0.4, 0.5) is 8.78 Å². The van der Waals surface area contributed by atoms with Crippen molar-refractivity contribution in [2.45, 2.75) is 4.83 Å². The van der Waals surface area contributed by atoms with Crippen molar-refractivity contribution in [1.82, 2.24) is 0 Å². The van der Waals surface area contributed by atoms with Gasteiger partial charge < -0.3 is 0 Å². The molecule has 5 heteroatoms. The smallest absolute Gasteiger partial charge is 0.160 e. The van der Waals surface area contributed by atoms with E-state index in [0.29, 0.717) is 5.56 Å². The van der Waals surface area contributed by atoms with Crippen molar-refractivity contribution in [3.05, 3.63) is 67.8 Å². The molecule has 0 aromatic heterocycles. The molecule has 18 heavy (non-hydrogen) atoms. The van der Waals surface area contributed by atoms with Crippen molar-refractivity contribution < 1.29 is 8.78 Å². The van der Waals surface area contributed by atoms with E-state index in [1.165, 1.54) is 0 Å². The quantitative estimate of drug-likeness (QED) is 0.317. The molecule has 0 saturated heterocycles. The Kier molecular flexibility index (Phi) is 4.61. The van der Waals surface area contributed by atoms with Gasteiger partial charge in [-0.15, -0.1) is 0 Å². The summed E-state index contributed by atoms with van der Waals surface area (Å²) < 4.78 is 27.3. The average Bonchev–Trinajstić information content (AvgIpc) is 2.33. The molecule has 2 rings (SSSR count). The lowest BCUT2D eigenvalue weighted by Gasteiger charge is -2.14. The molecular formula is C13H7BrClF2I. The fourth-order valence-electron chi connectivity index (χ4n) is 1.58. The Bertz CT molecular complexity index is 589. The van der Waals surface area contributed by atoms with Crippen LogP contribution in [-0.2, 0) is 0 Å². The summed E-state index contributed by atoms with van der Waals surface area (Å²) >= 11 is 11.6. The fraction of sp³-hybridized carbons (Fsp3) is 0.0769. The standard InChI is InChI=1S/C13H7BrClF2I/c14-13(7-3-1-2-4-12(7)18)8-5-10(16)11(17)6-9(8)15/h1-6,13H. The predicted molar refractivity (Wildman–Crippen MR) is 81.3 cm³/mol. The molecule has 94 valence electrons. The highest BCUT2D eigenvalue weighted by atomic mass is 127. The largest absolute Gasteiger partial charge is 0.204 e. The number of halogens is 5. The van der Waals surface area contributed by atoms with Crippen molar-refractivity contribution in [2.24, 2.45) is 0 Å². The lowest BCUT2D eigenvalue weighted by molar-refractivity contribution is 0.507. The first kappa shape index (κ1) is 14.2. The van der Waals surface area contributed by atoms with Crippen molar-refractivity contribution in [2.75, 3.05) is 0 Å². The van der Waals surface area contributed by atoms with E-state index in [1.54, 1.807) is 0 Å². The molecule has 0 radical (unpaired) electrons. The fourth-order valence-corrected chi connectivity index (χ4v) is 3.88. The zero-order chi connectivity index (χ0) is 13.3. The Morgan fingerprint density at radius 2 is 1.67 bits per heavy atom. The Morgan fingerprint density at radius 3 is 2.33 bits per heavy atom. The van der Waals surface area contributed by atoms with E-state index >= 15 is 0 Å². The normalized spacial score (nSPS) is 12.5. The van der Waals surface area contributed by atoms with Gasteiger partial charge in [0.25, 0.3) is 0 Å². The molecule has 0 aliphatic heterocycles. The van der Waals surface area contributed by atoms with Gasteiger partial charge in [0.2, 0.25) is 0 Å². The first-order valence-electron chi connectivity index (χ1n) is 5.03. The maximum Gasteiger partial charge on any atom is 0.160 e. The van der Waals surface area contributed by atoms with Crippen molar-refractivity contribution >= 4 is 50.1 Å². The summed E-state index contributed by atoms with van der Waals surface area (Å²) in [5, 5.41) is 0.204. The molecular weight excluding hydrogens is 436 g/mol. The van der Waals surface area contributed by atoms with Gasteiger partial charge in [-0.05, 0) is 51.9 Å². The molecule has 2 aromatic carbocycles. The highest BCUT2D eigenvalue weighted by Gasteiger charge is 2.18.